The van der Waals surface area contributed by atoms with Gasteiger partial charge in [-0.15, -0.1) is 5.10 Å². The monoisotopic (exact) mass is 266 g/mol. The molecule has 0 amide bonds. The summed E-state index contributed by atoms with van der Waals surface area (Å²) in [7, 11) is 0. The van der Waals surface area contributed by atoms with Gasteiger partial charge in [0.05, 0.1) is 6.04 Å². The maximum absolute atomic E-state index is 5.79. The van der Waals surface area contributed by atoms with E-state index >= 15 is 0 Å². The SMILES string of the molecule is CC(C)CCN(c1nnc(C(C)N)o1)C1CCCC1. The van der Waals surface area contributed by atoms with Gasteiger partial charge in [0.1, 0.15) is 0 Å². The molecule has 5 nitrogen and oxygen atoms in total. The van der Waals surface area contributed by atoms with Gasteiger partial charge >= 0.3 is 6.01 Å². The van der Waals surface area contributed by atoms with Crippen LogP contribution in [0.15, 0.2) is 4.42 Å². The fourth-order valence-corrected chi connectivity index (χ4v) is 2.57. The molecule has 0 saturated heterocycles. The summed E-state index contributed by atoms with van der Waals surface area (Å²) in [6.07, 6.45) is 6.21. The molecule has 1 saturated carbocycles. The van der Waals surface area contributed by atoms with Gasteiger partial charge in [0.2, 0.25) is 5.89 Å². The Hall–Kier alpha value is -1.10. The topological polar surface area (TPSA) is 68.2 Å². The highest BCUT2D eigenvalue weighted by Crippen LogP contribution is 2.28. The van der Waals surface area contributed by atoms with Gasteiger partial charge in [0.15, 0.2) is 0 Å². The number of rotatable bonds is 6. The zero-order chi connectivity index (χ0) is 13.8. The molecule has 1 aliphatic carbocycles. The van der Waals surface area contributed by atoms with Crippen molar-refractivity contribution in [3.8, 4) is 0 Å². The van der Waals surface area contributed by atoms with Crippen LogP contribution in [0.4, 0.5) is 6.01 Å². The predicted octanol–water partition coefficient (Wildman–Crippen LogP) is 2.88. The van der Waals surface area contributed by atoms with E-state index in [0.29, 0.717) is 23.9 Å². The smallest absolute Gasteiger partial charge is 0.318 e. The summed E-state index contributed by atoms with van der Waals surface area (Å²) < 4.78 is 5.73. The van der Waals surface area contributed by atoms with Gasteiger partial charge in [-0.25, -0.2) is 0 Å². The second-order valence-corrected chi connectivity index (χ2v) is 6.03. The molecule has 108 valence electrons. The third kappa shape index (κ3) is 3.69. The second kappa shape index (κ2) is 6.37. The van der Waals surface area contributed by atoms with Crippen molar-refractivity contribution in [2.45, 2.75) is 65.0 Å². The van der Waals surface area contributed by atoms with Crippen molar-refractivity contribution in [3.63, 3.8) is 0 Å². The molecular formula is C14H26N4O. The Balaban J connectivity index is 2.10. The van der Waals surface area contributed by atoms with Crippen LogP contribution in [0.3, 0.4) is 0 Å². The Morgan fingerprint density at radius 1 is 1.26 bits per heavy atom. The normalized spacial score (nSPS) is 18.2. The van der Waals surface area contributed by atoms with Crippen molar-refractivity contribution < 1.29 is 4.42 Å². The van der Waals surface area contributed by atoms with Crippen LogP contribution in [0.2, 0.25) is 0 Å². The third-order valence-electron chi connectivity index (χ3n) is 3.78. The highest BCUT2D eigenvalue weighted by Gasteiger charge is 2.27. The molecule has 0 spiro atoms. The summed E-state index contributed by atoms with van der Waals surface area (Å²) >= 11 is 0. The minimum Gasteiger partial charge on any atom is -0.406 e. The number of aromatic nitrogens is 2. The fourth-order valence-electron chi connectivity index (χ4n) is 2.57. The van der Waals surface area contributed by atoms with E-state index in [1.54, 1.807) is 0 Å². The van der Waals surface area contributed by atoms with Gasteiger partial charge in [0, 0.05) is 12.6 Å². The summed E-state index contributed by atoms with van der Waals surface area (Å²) in [6, 6.07) is 1.01. The van der Waals surface area contributed by atoms with E-state index in [-0.39, 0.29) is 6.04 Å². The van der Waals surface area contributed by atoms with Crippen molar-refractivity contribution in [1.82, 2.24) is 10.2 Å². The Kier molecular flexibility index (Phi) is 4.80. The van der Waals surface area contributed by atoms with Crippen LogP contribution >= 0.6 is 0 Å². The van der Waals surface area contributed by atoms with Gasteiger partial charge in [-0.2, -0.15) is 0 Å². The molecule has 0 aliphatic heterocycles. The molecular weight excluding hydrogens is 240 g/mol. The average molecular weight is 266 g/mol. The van der Waals surface area contributed by atoms with Crippen LogP contribution in [0, 0.1) is 5.92 Å². The predicted molar refractivity (Wildman–Crippen MR) is 76.0 cm³/mol. The molecule has 2 rings (SSSR count). The molecule has 0 aromatic carbocycles. The minimum atomic E-state index is -0.197. The highest BCUT2D eigenvalue weighted by atomic mass is 16.4. The van der Waals surface area contributed by atoms with Gasteiger partial charge in [0.25, 0.3) is 0 Å². The summed E-state index contributed by atoms with van der Waals surface area (Å²) in [4.78, 5) is 2.30. The van der Waals surface area contributed by atoms with Crippen LogP contribution < -0.4 is 10.6 Å². The Morgan fingerprint density at radius 3 is 2.47 bits per heavy atom. The molecule has 1 aromatic heterocycles. The van der Waals surface area contributed by atoms with E-state index in [0.717, 1.165) is 13.0 Å². The number of anilines is 1. The van der Waals surface area contributed by atoms with Gasteiger partial charge < -0.3 is 15.1 Å². The zero-order valence-corrected chi connectivity index (χ0v) is 12.3. The van der Waals surface area contributed by atoms with Crippen LogP contribution in [-0.4, -0.2) is 22.8 Å². The highest BCUT2D eigenvalue weighted by molar-refractivity contribution is 5.27. The molecule has 1 fully saturated rings. The van der Waals surface area contributed by atoms with Crippen LogP contribution in [0.1, 0.15) is 64.8 Å². The van der Waals surface area contributed by atoms with E-state index in [9.17, 15) is 0 Å². The summed E-state index contributed by atoms with van der Waals surface area (Å²) in [5, 5.41) is 8.24. The lowest BCUT2D eigenvalue weighted by atomic mass is 10.1. The largest absolute Gasteiger partial charge is 0.406 e. The Bertz CT molecular complexity index is 383. The molecule has 1 atom stereocenters. The van der Waals surface area contributed by atoms with Crippen molar-refractivity contribution in [2.24, 2.45) is 11.7 Å². The molecule has 1 aromatic rings. The number of hydrogen-bond acceptors (Lipinski definition) is 5. The standard InChI is InChI=1S/C14H26N4O/c1-10(2)8-9-18(12-6-4-5-7-12)14-17-16-13(19-14)11(3)15/h10-12H,4-9,15H2,1-3H3. The number of hydrogen-bond donors (Lipinski definition) is 1. The molecule has 19 heavy (non-hydrogen) atoms. The Morgan fingerprint density at radius 2 is 1.95 bits per heavy atom. The maximum Gasteiger partial charge on any atom is 0.318 e. The van der Waals surface area contributed by atoms with Crippen molar-refractivity contribution >= 4 is 6.01 Å². The molecule has 0 bridgehead atoms. The first kappa shape index (κ1) is 14.3. The average Bonchev–Trinajstić information content (AvgIpc) is 2.98. The lowest BCUT2D eigenvalue weighted by molar-refractivity contribution is 0.429. The summed E-state index contributed by atoms with van der Waals surface area (Å²) in [5.41, 5.74) is 5.79. The molecule has 5 heteroatoms. The van der Waals surface area contributed by atoms with E-state index in [4.69, 9.17) is 10.2 Å². The molecule has 1 aliphatic rings. The van der Waals surface area contributed by atoms with E-state index in [1.807, 2.05) is 6.92 Å². The Labute approximate surface area is 115 Å². The van der Waals surface area contributed by atoms with Crippen LogP contribution in [-0.2, 0) is 0 Å². The van der Waals surface area contributed by atoms with E-state index in [2.05, 4.69) is 28.9 Å². The first-order valence-electron chi connectivity index (χ1n) is 7.43. The van der Waals surface area contributed by atoms with Crippen molar-refractivity contribution in [2.75, 3.05) is 11.4 Å². The first-order chi connectivity index (χ1) is 9.08. The number of nitrogens with two attached hydrogens (primary N) is 1. The fraction of sp³-hybridized carbons (Fsp3) is 0.857. The maximum atomic E-state index is 5.79. The van der Waals surface area contributed by atoms with Gasteiger partial charge in [-0.05, 0) is 32.1 Å². The van der Waals surface area contributed by atoms with Crippen LogP contribution in [0.25, 0.3) is 0 Å². The van der Waals surface area contributed by atoms with Crippen molar-refractivity contribution in [1.29, 1.82) is 0 Å². The lowest BCUT2D eigenvalue weighted by Crippen LogP contribution is -2.35. The third-order valence-corrected chi connectivity index (χ3v) is 3.78. The zero-order valence-electron chi connectivity index (χ0n) is 12.3. The molecule has 2 N–H and O–H groups in total. The first-order valence-corrected chi connectivity index (χ1v) is 7.43. The van der Waals surface area contributed by atoms with E-state index in [1.165, 1.54) is 25.7 Å². The molecule has 0 radical (unpaired) electrons. The molecule has 1 unspecified atom stereocenters. The van der Waals surface area contributed by atoms with Gasteiger partial charge in [-0.3, -0.25) is 0 Å². The van der Waals surface area contributed by atoms with E-state index < -0.39 is 0 Å². The van der Waals surface area contributed by atoms with Crippen LogP contribution in [0.5, 0.6) is 0 Å². The quantitative estimate of drug-likeness (QED) is 0.857. The summed E-state index contributed by atoms with van der Waals surface area (Å²) in [6.45, 7) is 7.34. The second-order valence-electron chi connectivity index (χ2n) is 6.03. The van der Waals surface area contributed by atoms with Crippen molar-refractivity contribution in [3.05, 3.63) is 5.89 Å². The summed E-state index contributed by atoms with van der Waals surface area (Å²) in [5.74, 6) is 1.21. The molecule has 1 heterocycles. The minimum absolute atomic E-state index is 0.197. The lowest BCUT2D eigenvalue weighted by Gasteiger charge is -2.27. The number of nitrogens with zero attached hydrogens (tertiary/aromatic N) is 3. The van der Waals surface area contributed by atoms with Gasteiger partial charge in [-0.1, -0.05) is 31.8 Å².